The Bertz CT molecular complexity index is 1640. The maximum atomic E-state index is 14.0. The molecule has 1 aromatic heterocycles. The highest BCUT2D eigenvalue weighted by Gasteiger charge is 2.33. The lowest BCUT2D eigenvalue weighted by Gasteiger charge is -2.29. The van der Waals surface area contributed by atoms with Gasteiger partial charge in [-0.15, -0.1) is 10.2 Å². The number of aryl methyl sites for hydroxylation is 1. The van der Waals surface area contributed by atoms with E-state index >= 15 is 0 Å². The lowest BCUT2D eigenvalue weighted by molar-refractivity contribution is -0.145. The number of nitrogens with one attached hydrogen (secondary N) is 3. The predicted octanol–water partition coefficient (Wildman–Crippen LogP) is 4.21. The molecule has 2 amide bonds. The number of amides is 2. The van der Waals surface area contributed by atoms with Gasteiger partial charge in [-0.2, -0.15) is 5.21 Å². The number of carbonyl (C=O) groups excluding carboxylic acids is 3. The Morgan fingerprint density at radius 3 is 2.47 bits per heavy atom. The van der Waals surface area contributed by atoms with Gasteiger partial charge in [0.05, 0.1) is 6.54 Å². The molecule has 3 N–H and O–H groups in total. The highest BCUT2D eigenvalue weighted by molar-refractivity contribution is 6.00. The van der Waals surface area contributed by atoms with Gasteiger partial charge < -0.3 is 20.3 Å². The molecule has 2 atom stereocenters. The van der Waals surface area contributed by atoms with Crippen molar-refractivity contribution in [3.63, 3.8) is 0 Å². The van der Waals surface area contributed by atoms with Crippen LogP contribution in [0.5, 0.6) is 0 Å². The van der Waals surface area contributed by atoms with E-state index in [1.54, 1.807) is 11.8 Å². The molecule has 0 aliphatic carbocycles. The van der Waals surface area contributed by atoms with Crippen LogP contribution in [-0.4, -0.2) is 62.6 Å². The monoisotopic (exact) mass is 609 g/mol. The fourth-order valence-corrected chi connectivity index (χ4v) is 5.64. The predicted molar refractivity (Wildman–Crippen MR) is 171 cm³/mol. The molecular formula is C34H39N7O4. The number of anilines is 1. The van der Waals surface area contributed by atoms with Crippen LogP contribution in [0.3, 0.4) is 0 Å². The summed E-state index contributed by atoms with van der Waals surface area (Å²) in [5.41, 5.74) is 5.14. The average Bonchev–Trinajstić information content (AvgIpc) is 3.52. The molecule has 0 saturated carbocycles. The number of tetrazole rings is 1. The number of fused-ring (bicyclic) bond motifs is 1. The van der Waals surface area contributed by atoms with Crippen molar-refractivity contribution in [2.75, 3.05) is 11.4 Å². The van der Waals surface area contributed by atoms with Crippen LogP contribution in [0.15, 0.2) is 72.8 Å². The van der Waals surface area contributed by atoms with Gasteiger partial charge in [-0.25, -0.2) is 0 Å². The summed E-state index contributed by atoms with van der Waals surface area (Å²) in [6.45, 7) is 7.75. The number of para-hydroxylation sites is 1. The minimum atomic E-state index is -0.665. The number of nitrogens with zero attached hydrogens (tertiary/aromatic N) is 4. The number of carbonyl (C=O) groups is 3. The van der Waals surface area contributed by atoms with Crippen molar-refractivity contribution in [2.45, 2.75) is 71.2 Å². The van der Waals surface area contributed by atoms with Crippen LogP contribution in [-0.2, 0) is 32.1 Å². The number of ether oxygens (including phenoxy) is 1. The molecule has 0 unspecified atom stereocenters. The fraction of sp³-hybridized carbons (Fsp3) is 0.353. The van der Waals surface area contributed by atoms with Crippen LogP contribution in [0.25, 0.3) is 22.5 Å². The fourth-order valence-electron chi connectivity index (χ4n) is 5.64. The van der Waals surface area contributed by atoms with Gasteiger partial charge in [0.1, 0.15) is 12.1 Å². The van der Waals surface area contributed by atoms with E-state index in [1.807, 2.05) is 86.6 Å². The second-order valence-electron chi connectivity index (χ2n) is 12.1. The van der Waals surface area contributed by atoms with Crippen LogP contribution >= 0.6 is 0 Å². The highest BCUT2D eigenvalue weighted by Crippen LogP contribution is 2.32. The maximum absolute atomic E-state index is 14.0. The van der Waals surface area contributed by atoms with Gasteiger partial charge in [0.15, 0.2) is 0 Å². The van der Waals surface area contributed by atoms with Crippen molar-refractivity contribution in [1.82, 2.24) is 31.3 Å². The van der Waals surface area contributed by atoms with Crippen molar-refractivity contribution < 1.29 is 19.1 Å². The van der Waals surface area contributed by atoms with Crippen molar-refractivity contribution in [2.24, 2.45) is 0 Å². The van der Waals surface area contributed by atoms with E-state index in [4.69, 9.17) is 4.74 Å². The number of hydrogen-bond acceptors (Lipinski definition) is 8. The second kappa shape index (κ2) is 13.8. The molecule has 4 aromatic rings. The molecule has 1 aliphatic rings. The van der Waals surface area contributed by atoms with Crippen molar-refractivity contribution in [3.8, 4) is 22.5 Å². The normalized spacial score (nSPS) is 15.6. The van der Waals surface area contributed by atoms with Gasteiger partial charge in [0.25, 0.3) is 0 Å². The first-order valence-electron chi connectivity index (χ1n) is 15.1. The molecule has 5 rings (SSSR count). The van der Waals surface area contributed by atoms with E-state index in [0.717, 1.165) is 33.5 Å². The molecule has 0 spiro atoms. The summed E-state index contributed by atoms with van der Waals surface area (Å²) in [5, 5.41) is 20.8. The van der Waals surface area contributed by atoms with Crippen molar-refractivity contribution in [1.29, 1.82) is 0 Å². The molecular weight excluding hydrogens is 570 g/mol. The number of H-pyrrole nitrogens is 1. The highest BCUT2D eigenvalue weighted by atomic mass is 16.5. The van der Waals surface area contributed by atoms with Gasteiger partial charge in [0, 0.05) is 36.7 Å². The first-order chi connectivity index (χ1) is 21.6. The van der Waals surface area contributed by atoms with Gasteiger partial charge in [-0.1, -0.05) is 66.7 Å². The van der Waals surface area contributed by atoms with E-state index in [1.165, 1.54) is 6.92 Å². The van der Waals surface area contributed by atoms with Crippen LogP contribution in [0, 0.1) is 0 Å². The molecule has 11 nitrogen and oxygen atoms in total. The summed E-state index contributed by atoms with van der Waals surface area (Å²) >= 11 is 0. The first kappa shape index (κ1) is 31.5. The van der Waals surface area contributed by atoms with Gasteiger partial charge in [-0.05, 0) is 67.1 Å². The number of rotatable bonds is 11. The van der Waals surface area contributed by atoms with Crippen LogP contribution in [0.2, 0.25) is 0 Å². The molecule has 0 fully saturated rings. The summed E-state index contributed by atoms with van der Waals surface area (Å²) < 4.78 is 5.18. The Kier molecular flexibility index (Phi) is 9.68. The maximum Gasteiger partial charge on any atom is 0.302 e. The van der Waals surface area contributed by atoms with Crippen LogP contribution < -0.4 is 15.5 Å². The van der Waals surface area contributed by atoms with Crippen molar-refractivity contribution >= 4 is 23.5 Å². The summed E-state index contributed by atoms with van der Waals surface area (Å²) in [4.78, 5) is 40.2. The van der Waals surface area contributed by atoms with Crippen molar-refractivity contribution in [3.05, 3.63) is 83.9 Å². The quantitative estimate of drug-likeness (QED) is 0.215. The molecule has 2 heterocycles. The Morgan fingerprint density at radius 1 is 1.04 bits per heavy atom. The minimum absolute atomic E-state index is 0.144. The molecule has 0 saturated heterocycles. The molecule has 0 radical (unpaired) electrons. The third-order valence-electron chi connectivity index (χ3n) is 7.84. The Morgan fingerprint density at radius 2 is 1.76 bits per heavy atom. The van der Waals surface area contributed by atoms with E-state index in [9.17, 15) is 14.4 Å². The van der Waals surface area contributed by atoms with Crippen LogP contribution in [0.1, 0.15) is 51.7 Å². The second-order valence-corrected chi connectivity index (χ2v) is 12.1. The topological polar surface area (TPSA) is 142 Å². The molecule has 1 aliphatic heterocycles. The van der Waals surface area contributed by atoms with E-state index in [-0.39, 0.29) is 30.3 Å². The average molecular weight is 610 g/mol. The third-order valence-corrected chi connectivity index (χ3v) is 7.84. The summed E-state index contributed by atoms with van der Waals surface area (Å²) in [5.74, 6) is -0.195. The SMILES string of the molecule is CC(=O)O[C@@H](C)CNC(C)(C)CC(=O)N[C@@H]1CCc2ccccc2N(Cc2ccc(-c3ccccc3-c3nn[nH]n3)cc2)C1=O. The van der Waals surface area contributed by atoms with E-state index in [2.05, 4.69) is 31.3 Å². The zero-order valence-corrected chi connectivity index (χ0v) is 26.0. The Labute approximate surface area is 262 Å². The largest absolute Gasteiger partial charge is 0.462 e. The Balaban J connectivity index is 1.30. The zero-order chi connectivity index (χ0) is 32.0. The van der Waals surface area contributed by atoms with Gasteiger partial charge >= 0.3 is 5.97 Å². The summed E-state index contributed by atoms with van der Waals surface area (Å²) in [7, 11) is 0. The minimum Gasteiger partial charge on any atom is -0.462 e. The number of benzene rings is 3. The number of esters is 1. The van der Waals surface area contributed by atoms with Gasteiger partial charge in [-0.3, -0.25) is 14.4 Å². The third kappa shape index (κ3) is 7.98. The zero-order valence-electron chi connectivity index (χ0n) is 26.0. The molecule has 11 heteroatoms. The first-order valence-corrected chi connectivity index (χ1v) is 15.1. The van der Waals surface area contributed by atoms with Crippen LogP contribution in [0.4, 0.5) is 5.69 Å². The standard InChI is InChI=1S/C34H39N7O4/c1-22(45-23(2)42)20-35-34(3,4)19-31(43)36-29-18-17-26-9-5-8-12-30(26)41(33(29)44)21-24-13-15-25(16-14-24)27-10-6-7-11-28(27)32-37-39-40-38-32/h5-16,22,29,35H,17-21H2,1-4H3,(H,36,43)(H,37,38,39,40)/t22-,29+/m0/s1. The molecule has 45 heavy (non-hydrogen) atoms. The lowest BCUT2D eigenvalue weighted by atomic mass is 9.98. The molecule has 3 aromatic carbocycles. The molecule has 0 bridgehead atoms. The van der Waals surface area contributed by atoms with E-state index < -0.39 is 11.6 Å². The Hall–Kier alpha value is -4.90. The molecule has 234 valence electrons. The summed E-state index contributed by atoms with van der Waals surface area (Å²) in [6.07, 6.45) is 0.996. The number of aromatic nitrogens is 4. The van der Waals surface area contributed by atoms with E-state index in [0.29, 0.717) is 31.8 Å². The number of hydrogen-bond donors (Lipinski definition) is 3. The smallest absolute Gasteiger partial charge is 0.302 e. The lowest BCUT2D eigenvalue weighted by Crippen LogP contribution is -2.51. The number of aromatic amines is 1. The van der Waals surface area contributed by atoms with Gasteiger partial charge in [0.2, 0.25) is 17.6 Å². The summed E-state index contributed by atoms with van der Waals surface area (Å²) in [6, 6.07) is 23.2.